The van der Waals surface area contributed by atoms with Gasteiger partial charge in [0.15, 0.2) is 0 Å². The van der Waals surface area contributed by atoms with Crippen molar-refractivity contribution in [3.8, 4) is 6.07 Å². The van der Waals surface area contributed by atoms with Crippen molar-refractivity contribution in [2.75, 3.05) is 6.26 Å². The molecule has 1 aliphatic heterocycles. The molecule has 118 valence electrons. The van der Waals surface area contributed by atoms with Gasteiger partial charge in [-0.25, -0.2) is 0 Å². The van der Waals surface area contributed by atoms with Crippen LogP contribution >= 0.6 is 24.0 Å². The molecule has 0 saturated heterocycles. The van der Waals surface area contributed by atoms with Crippen molar-refractivity contribution in [1.29, 1.82) is 5.26 Å². The summed E-state index contributed by atoms with van der Waals surface area (Å²) < 4.78 is 0.450. The zero-order valence-electron chi connectivity index (χ0n) is 13.0. The molecular weight excluding hydrogens is 336 g/mol. The Balaban J connectivity index is 2.21. The van der Waals surface area contributed by atoms with Crippen molar-refractivity contribution in [2.45, 2.75) is 5.54 Å². The molecule has 3 nitrogen and oxygen atoms in total. The highest BCUT2D eigenvalue weighted by Gasteiger charge is 2.47. The minimum Gasteiger partial charge on any atom is -0.286 e. The second-order valence-corrected chi connectivity index (χ2v) is 6.74. The number of nitriles is 1. The number of thiocarbonyl (C=S) groups is 1. The van der Waals surface area contributed by atoms with E-state index in [9.17, 15) is 10.1 Å². The molecule has 1 aliphatic rings. The van der Waals surface area contributed by atoms with E-state index >= 15 is 0 Å². The number of nitrogens with zero attached hydrogens (tertiary/aromatic N) is 2. The second-order valence-electron chi connectivity index (χ2n) is 5.26. The van der Waals surface area contributed by atoms with Crippen LogP contribution in [0.2, 0.25) is 0 Å². The molecule has 0 N–H and O–H groups in total. The standard InChI is InChI=1S/C19H14N2OS2/c1-24-18(23)19(13-20)16-10-6-5-7-14(16)11-12-21(19)17(22)15-8-3-2-4-9-15/h2-12H,1H3. The van der Waals surface area contributed by atoms with Crippen molar-refractivity contribution in [2.24, 2.45) is 0 Å². The van der Waals surface area contributed by atoms with Gasteiger partial charge in [-0.2, -0.15) is 5.26 Å². The lowest BCUT2D eigenvalue weighted by Crippen LogP contribution is -2.51. The number of thioether (sulfide) groups is 1. The Labute approximate surface area is 150 Å². The SMILES string of the molecule is CSC(=S)C1(C#N)c2ccccc2C=CN1C(=O)c1ccccc1. The first-order chi connectivity index (χ1) is 11.6. The molecule has 2 aromatic carbocycles. The van der Waals surface area contributed by atoms with Crippen molar-refractivity contribution < 1.29 is 4.79 Å². The summed E-state index contributed by atoms with van der Waals surface area (Å²) in [4.78, 5) is 14.5. The third-order valence-corrected chi connectivity index (χ3v) is 5.46. The molecule has 1 unspecified atom stereocenters. The van der Waals surface area contributed by atoms with Gasteiger partial charge in [0.2, 0.25) is 5.54 Å². The number of carbonyl (C=O) groups is 1. The molecule has 5 heteroatoms. The number of rotatable bonds is 2. The Morgan fingerprint density at radius 2 is 1.83 bits per heavy atom. The van der Waals surface area contributed by atoms with Crippen LogP contribution in [0.15, 0.2) is 60.8 Å². The number of carbonyl (C=O) groups excluding carboxylic acids is 1. The lowest BCUT2D eigenvalue weighted by Gasteiger charge is -2.40. The summed E-state index contributed by atoms with van der Waals surface area (Å²) in [7, 11) is 0. The predicted molar refractivity (Wildman–Crippen MR) is 101 cm³/mol. The first-order valence-electron chi connectivity index (χ1n) is 7.31. The van der Waals surface area contributed by atoms with Crippen LogP contribution in [0.25, 0.3) is 6.08 Å². The van der Waals surface area contributed by atoms with Crippen molar-refractivity contribution >= 4 is 40.2 Å². The Bertz CT molecular complexity index is 870. The molecule has 0 fully saturated rings. The van der Waals surface area contributed by atoms with Crippen LogP contribution in [-0.2, 0) is 5.54 Å². The summed E-state index contributed by atoms with van der Waals surface area (Å²) in [5.41, 5.74) is 0.851. The summed E-state index contributed by atoms with van der Waals surface area (Å²) >= 11 is 6.84. The van der Waals surface area contributed by atoms with Crippen LogP contribution in [-0.4, -0.2) is 21.3 Å². The summed E-state index contributed by atoms with van der Waals surface area (Å²) in [6.45, 7) is 0. The van der Waals surface area contributed by atoms with Gasteiger partial charge in [0.05, 0.1) is 4.20 Å². The summed E-state index contributed by atoms with van der Waals surface area (Å²) in [6, 6.07) is 18.8. The number of benzene rings is 2. The smallest absolute Gasteiger partial charge is 0.259 e. The number of fused-ring (bicyclic) bond motifs is 1. The van der Waals surface area contributed by atoms with Gasteiger partial charge in [-0.1, -0.05) is 54.7 Å². The molecule has 1 atom stereocenters. The molecule has 24 heavy (non-hydrogen) atoms. The Morgan fingerprint density at radius 3 is 2.50 bits per heavy atom. The van der Waals surface area contributed by atoms with Crippen molar-refractivity contribution in [3.63, 3.8) is 0 Å². The quantitative estimate of drug-likeness (QED) is 0.761. The average Bonchev–Trinajstić information content (AvgIpc) is 2.66. The van der Waals surface area contributed by atoms with Gasteiger partial charge < -0.3 is 0 Å². The zero-order valence-corrected chi connectivity index (χ0v) is 14.6. The van der Waals surface area contributed by atoms with Gasteiger partial charge in [-0.3, -0.25) is 9.69 Å². The van der Waals surface area contributed by atoms with E-state index < -0.39 is 5.54 Å². The van der Waals surface area contributed by atoms with Crippen LogP contribution in [0.3, 0.4) is 0 Å². The summed E-state index contributed by atoms with van der Waals surface area (Å²) in [6.07, 6.45) is 5.33. The lowest BCUT2D eigenvalue weighted by atomic mass is 9.84. The average molecular weight is 350 g/mol. The maximum absolute atomic E-state index is 13.1. The molecule has 1 amide bonds. The fraction of sp³-hybridized carbons (Fsp3) is 0.105. The molecule has 0 aliphatic carbocycles. The maximum Gasteiger partial charge on any atom is 0.259 e. The molecule has 1 heterocycles. The van der Waals surface area contributed by atoms with Crippen molar-refractivity contribution in [3.05, 3.63) is 77.5 Å². The molecular formula is C19H14N2OS2. The highest BCUT2D eigenvalue weighted by molar-refractivity contribution is 8.22. The van der Waals surface area contributed by atoms with Gasteiger partial charge >= 0.3 is 0 Å². The fourth-order valence-electron chi connectivity index (χ4n) is 2.82. The maximum atomic E-state index is 13.1. The fourth-order valence-corrected chi connectivity index (χ4v) is 3.63. The zero-order chi connectivity index (χ0) is 17.2. The van der Waals surface area contributed by atoms with Crippen LogP contribution in [0.5, 0.6) is 0 Å². The van der Waals surface area contributed by atoms with Crippen LogP contribution in [0.4, 0.5) is 0 Å². The van der Waals surface area contributed by atoms with E-state index in [1.54, 1.807) is 30.5 Å². The van der Waals surface area contributed by atoms with E-state index in [1.165, 1.54) is 16.7 Å². The van der Waals surface area contributed by atoms with Gasteiger partial charge in [0.25, 0.3) is 5.91 Å². The van der Waals surface area contributed by atoms with Crippen LogP contribution < -0.4 is 0 Å². The Hall–Kier alpha value is -2.42. The first-order valence-corrected chi connectivity index (χ1v) is 8.94. The lowest BCUT2D eigenvalue weighted by molar-refractivity contribution is 0.0763. The number of hydrogen-bond donors (Lipinski definition) is 0. The minimum atomic E-state index is -1.30. The monoisotopic (exact) mass is 350 g/mol. The third kappa shape index (κ3) is 2.44. The van der Waals surface area contributed by atoms with Gasteiger partial charge in [-0.05, 0) is 30.0 Å². The van der Waals surface area contributed by atoms with E-state index in [0.717, 1.165) is 11.1 Å². The highest BCUT2D eigenvalue weighted by atomic mass is 32.2. The van der Waals surface area contributed by atoms with Gasteiger partial charge in [-0.15, -0.1) is 11.8 Å². The number of hydrogen-bond acceptors (Lipinski definition) is 4. The molecule has 0 saturated carbocycles. The van der Waals surface area contributed by atoms with E-state index in [1.807, 2.05) is 42.7 Å². The number of amides is 1. The Kier molecular flexibility index (Phi) is 4.52. The topological polar surface area (TPSA) is 44.1 Å². The minimum absolute atomic E-state index is 0.251. The molecule has 0 bridgehead atoms. The second kappa shape index (κ2) is 6.60. The van der Waals surface area contributed by atoms with E-state index in [-0.39, 0.29) is 5.91 Å². The van der Waals surface area contributed by atoms with Crippen molar-refractivity contribution in [1.82, 2.24) is 4.90 Å². The Morgan fingerprint density at radius 1 is 1.17 bits per heavy atom. The van der Waals surface area contributed by atoms with Crippen LogP contribution in [0.1, 0.15) is 21.5 Å². The van der Waals surface area contributed by atoms with E-state index in [0.29, 0.717) is 9.76 Å². The van der Waals surface area contributed by atoms with E-state index in [4.69, 9.17) is 12.2 Å². The predicted octanol–water partition coefficient (Wildman–Crippen LogP) is 4.22. The van der Waals surface area contributed by atoms with E-state index in [2.05, 4.69) is 6.07 Å². The molecule has 3 rings (SSSR count). The molecule has 0 spiro atoms. The van der Waals surface area contributed by atoms with Crippen LogP contribution in [0, 0.1) is 11.3 Å². The molecule has 0 radical (unpaired) electrons. The largest absolute Gasteiger partial charge is 0.286 e. The summed E-state index contributed by atoms with van der Waals surface area (Å²) in [5, 5.41) is 10.1. The highest BCUT2D eigenvalue weighted by Crippen LogP contribution is 2.40. The molecule has 0 aromatic heterocycles. The third-order valence-electron chi connectivity index (χ3n) is 4.00. The van der Waals surface area contributed by atoms with Gasteiger partial charge in [0.1, 0.15) is 6.07 Å². The summed E-state index contributed by atoms with van der Waals surface area (Å²) in [5.74, 6) is -0.251. The normalized spacial score (nSPS) is 18.6. The molecule has 2 aromatic rings. The first kappa shape index (κ1) is 16.4. The van der Waals surface area contributed by atoms with Gasteiger partial charge in [0, 0.05) is 17.3 Å².